The van der Waals surface area contributed by atoms with Crippen LogP contribution in [-0.2, 0) is 14.3 Å². The van der Waals surface area contributed by atoms with Gasteiger partial charge in [0, 0.05) is 12.8 Å². The van der Waals surface area contributed by atoms with E-state index in [1.807, 2.05) is 19.1 Å². The predicted molar refractivity (Wildman–Crippen MR) is 125 cm³/mol. The van der Waals surface area contributed by atoms with Gasteiger partial charge in [0.2, 0.25) is 0 Å². The van der Waals surface area contributed by atoms with Crippen molar-refractivity contribution in [2.24, 2.45) is 40.4 Å². The maximum Gasteiger partial charge on any atom is 0.336 e. The lowest BCUT2D eigenvalue weighted by Crippen LogP contribution is -2.56. The van der Waals surface area contributed by atoms with Crippen LogP contribution in [0.25, 0.3) is 0 Å². The molecule has 180 valence electrons. The van der Waals surface area contributed by atoms with Crippen LogP contribution in [-0.4, -0.2) is 40.8 Å². The van der Waals surface area contributed by atoms with E-state index >= 15 is 0 Å². The quantitative estimate of drug-likeness (QED) is 0.626. The van der Waals surface area contributed by atoms with Gasteiger partial charge in [0.1, 0.15) is 11.9 Å². The highest BCUT2D eigenvalue weighted by molar-refractivity contribution is 5.92. The third-order valence-corrected chi connectivity index (χ3v) is 10.6. The van der Waals surface area contributed by atoms with E-state index in [-0.39, 0.29) is 41.8 Å². The largest absolute Gasteiger partial charge is 0.458 e. The first-order valence-electron chi connectivity index (χ1n) is 12.7. The number of hydrogen-bond acceptors (Lipinski definition) is 5. The number of carbonyl (C=O) groups excluding carboxylic acids is 2. The van der Waals surface area contributed by atoms with Crippen LogP contribution in [0.1, 0.15) is 66.2 Å². The van der Waals surface area contributed by atoms with E-state index in [1.165, 1.54) is 0 Å². The molecule has 1 heterocycles. The number of rotatable bonds is 3. The van der Waals surface area contributed by atoms with Gasteiger partial charge in [-0.05, 0) is 80.1 Å². The number of aliphatic hydroxyl groups excluding tert-OH is 2. The Kier molecular flexibility index (Phi) is 5.52. The minimum Gasteiger partial charge on any atom is -0.458 e. The van der Waals surface area contributed by atoms with Gasteiger partial charge >= 0.3 is 5.97 Å². The summed E-state index contributed by atoms with van der Waals surface area (Å²) in [4.78, 5) is 25.6. The number of Topliss-reactive ketones (excluding diaryl/α,β-unsaturated/α-hetero) is 1. The molecule has 0 aromatic heterocycles. The van der Waals surface area contributed by atoms with Gasteiger partial charge in [0.15, 0.2) is 0 Å². The average molecular weight is 455 g/mol. The maximum atomic E-state index is 13.1. The van der Waals surface area contributed by atoms with E-state index in [9.17, 15) is 19.8 Å². The van der Waals surface area contributed by atoms with Gasteiger partial charge in [-0.25, -0.2) is 4.79 Å². The molecule has 0 aromatic carbocycles. The Bertz CT molecular complexity index is 959. The van der Waals surface area contributed by atoms with Crippen LogP contribution in [0.5, 0.6) is 0 Å². The van der Waals surface area contributed by atoms with Crippen LogP contribution in [0.15, 0.2) is 34.9 Å². The first-order valence-corrected chi connectivity index (χ1v) is 12.7. The number of carbonyl (C=O) groups is 2. The predicted octanol–water partition coefficient (Wildman–Crippen LogP) is 4.14. The summed E-state index contributed by atoms with van der Waals surface area (Å²) in [6, 6.07) is 0. The van der Waals surface area contributed by atoms with Gasteiger partial charge in [-0.1, -0.05) is 37.6 Å². The summed E-state index contributed by atoms with van der Waals surface area (Å²) in [6.45, 7) is 8.37. The van der Waals surface area contributed by atoms with Gasteiger partial charge in [-0.2, -0.15) is 0 Å². The second-order valence-corrected chi connectivity index (χ2v) is 11.8. The Hall–Kier alpha value is -1.72. The molecule has 2 fully saturated rings. The molecule has 5 aliphatic rings. The summed E-state index contributed by atoms with van der Waals surface area (Å²) < 4.78 is 5.82. The Morgan fingerprint density at radius 1 is 1.18 bits per heavy atom. The third-order valence-electron chi connectivity index (χ3n) is 10.6. The van der Waals surface area contributed by atoms with Gasteiger partial charge < -0.3 is 14.9 Å². The summed E-state index contributed by atoms with van der Waals surface area (Å²) in [5, 5.41) is 20.8. The van der Waals surface area contributed by atoms with Crippen molar-refractivity contribution < 1.29 is 24.5 Å². The summed E-state index contributed by atoms with van der Waals surface area (Å²) in [5.41, 5.74) is 1.92. The fourth-order valence-electron chi connectivity index (χ4n) is 8.63. The van der Waals surface area contributed by atoms with Crippen LogP contribution in [0, 0.1) is 40.4 Å². The third kappa shape index (κ3) is 3.18. The molecule has 5 rings (SSSR count). The second kappa shape index (κ2) is 7.91. The summed E-state index contributed by atoms with van der Waals surface area (Å²) in [5.74, 6) is 1.16. The fraction of sp³-hybridized carbons (Fsp3) is 0.714. The van der Waals surface area contributed by atoms with Crippen LogP contribution in [0.3, 0.4) is 0 Å². The van der Waals surface area contributed by atoms with Crippen molar-refractivity contribution in [1.82, 2.24) is 0 Å². The van der Waals surface area contributed by atoms with Crippen molar-refractivity contribution in [3.05, 3.63) is 34.9 Å². The Morgan fingerprint density at radius 3 is 2.64 bits per heavy atom. The number of esters is 1. The molecule has 0 saturated heterocycles. The highest BCUT2D eigenvalue weighted by Gasteiger charge is 2.62. The van der Waals surface area contributed by atoms with Crippen molar-refractivity contribution in [3.8, 4) is 0 Å². The van der Waals surface area contributed by atoms with Crippen molar-refractivity contribution in [3.63, 3.8) is 0 Å². The molecule has 2 saturated carbocycles. The fourth-order valence-corrected chi connectivity index (χ4v) is 8.63. The monoisotopic (exact) mass is 454 g/mol. The van der Waals surface area contributed by atoms with Crippen molar-refractivity contribution in [2.45, 2.75) is 78.4 Å². The molecule has 0 radical (unpaired) electrons. The Morgan fingerprint density at radius 2 is 1.94 bits per heavy atom. The van der Waals surface area contributed by atoms with E-state index in [4.69, 9.17) is 4.74 Å². The number of fused-ring (bicyclic) bond motifs is 5. The van der Waals surface area contributed by atoms with E-state index in [2.05, 4.69) is 26.8 Å². The molecule has 0 bridgehead atoms. The molecule has 5 heteroatoms. The summed E-state index contributed by atoms with van der Waals surface area (Å²) >= 11 is 0. The van der Waals surface area contributed by atoms with Crippen LogP contribution in [0.4, 0.5) is 0 Å². The second-order valence-electron chi connectivity index (χ2n) is 11.8. The van der Waals surface area contributed by atoms with E-state index in [1.54, 1.807) is 0 Å². The van der Waals surface area contributed by atoms with Gasteiger partial charge in [-0.3, -0.25) is 4.79 Å². The molecule has 0 spiro atoms. The first-order chi connectivity index (χ1) is 15.6. The van der Waals surface area contributed by atoms with Crippen LogP contribution < -0.4 is 0 Å². The number of ketones is 1. The van der Waals surface area contributed by atoms with E-state index in [0.29, 0.717) is 36.0 Å². The lowest BCUT2D eigenvalue weighted by molar-refractivity contribution is -0.153. The lowest BCUT2D eigenvalue weighted by Gasteiger charge is -2.58. The normalized spacial score (nSPS) is 45.7. The smallest absolute Gasteiger partial charge is 0.336 e. The Labute approximate surface area is 197 Å². The summed E-state index contributed by atoms with van der Waals surface area (Å²) in [6.07, 6.45) is 10.5. The van der Waals surface area contributed by atoms with Gasteiger partial charge in [-0.15, -0.1) is 0 Å². The molecular weight excluding hydrogens is 416 g/mol. The van der Waals surface area contributed by atoms with Crippen LogP contribution in [0.2, 0.25) is 0 Å². The molecule has 4 aliphatic carbocycles. The molecule has 9 unspecified atom stereocenters. The van der Waals surface area contributed by atoms with Crippen molar-refractivity contribution >= 4 is 11.8 Å². The molecule has 0 aromatic rings. The minimum absolute atomic E-state index is 0.0537. The molecule has 5 nitrogen and oxygen atoms in total. The van der Waals surface area contributed by atoms with Gasteiger partial charge in [0.05, 0.1) is 23.7 Å². The van der Waals surface area contributed by atoms with Crippen molar-refractivity contribution in [1.29, 1.82) is 0 Å². The Balaban J connectivity index is 1.43. The molecule has 1 aliphatic heterocycles. The molecule has 2 N–H and O–H groups in total. The van der Waals surface area contributed by atoms with E-state index < -0.39 is 11.5 Å². The molecule has 0 amide bonds. The standard InChI is InChI=1S/C28H38O5/c1-15-12-23(33-26(32)18(15)14-29)16(2)19-8-9-20-25-21(10-11-27(19,20)3)28(4)17(13-22(25)30)6-5-7-24(28)31/h5-6,13,16,19-23,25,29-30H,7-12,14H2,1-4H3. The van der Waals surface area contributed by atoms with Crippen molar-refractivity contribution in [2.75, 3.05) is 6.61 Å². The lowest BCUT2D eigenvalue weighted by atomic mass is 9.46. The highest BCUT2D eigenvalue weighted by Crippen LogP contribution is 2.66. The number of ether oxygens (including phenoxy) is 1. The topological polar surface area (TPSA) is 83.8 Å². The number of cyclic esters (lactones) is 1. The first kappa shape index (κ1) is 23.0. The number of aliphatic hydroxyl groups is 2. The number of hydrogen-bond donors (Lipinski definition) is 2. The van der Waals surface area contributed by atoms with Crippen LogP contribution >= 0.6 is 0 Å². The maximum absolute atomic E-state index is 13.1. The zero-order chi connectivity index (χ0) is 23.7. The summed E-state index contributed by atoms with van der Waals surface area (Å²) in [7, 11) is 0. The number of allylic oxidation sites excluding steroid dienone is 3. The minimum atomic E-state index is -0.517. The zero-order valence-corrected chi connectivity index (χ0v) is 20.3. The van der Waals surface area contributed by atoms with Gasteiger partial charge in [0.25, 0.3) is 0 Å². The molecule has 33 heavy (non-hydrogen) atoms. The SMILES string of the molecule is CC1=C(CO)C(=O)OC(C(C)C2CCC3C4C(O)C=C5C=CCC(=O)C5(C)C4CCC23C)C1. The van der Waals surface area contributed by atoms with E-state index in [0.717, 1.165) is 36.8 Å². The molecular formula is C28H38O5. The highest BCUT2D eigenvalue weighted by atomic mass is 16.5. The zero-order valence-electron chi connectivity index (χ0n) is 20.3. The average Bonchev–Trinajstić information content (AvgIpc) is 3.12. The molecule has 9 atom stereocenters.